The van der Waals surface area contributed by atoms with Gasteiger partial charge in [-0.2, -0.15) is 26.3 Å². The molecule has 0 aromatic carbocycles. The molecule has 0 saturated carbocycles. The minimum Gasteiger partial charge on any atom is -0.481 e. The molecular formula is C10H11F8NO3. The molecule has 0 aliphatic carbocycles. The van der Waals surface area contributed by atoms with E-state index in [2.05, 4.69) is 0 Å². The monoisotopic (exact) mass is 345 g/mol. The van der Waals surface area contributed by atoms with Crippen LogP contribution in [0, 0.1) is 0 Å². The molecule has 0 unspecified atom stereocenters. The van der Waals surface area contributed by atoms with Gasteiger partial charge in [-0.15, -0.1) is 0 Å². The third-order valence-electron chi connectivity index (χ3n) is 2.45. The first-order chi connectivity index (χ1) is 9.75. The van der Waals surface area contributed by atoms with Crippen molar-refractivity contribution in [3.8, 4) is 0 Å². The fourth-order valence-electron chi connectivity index (χ4n) is 1.19. The maximum atomic E-state index is 13.0. The zero-order valence-electron chi connectivity index (χ0n) is 10.7. The lowest BCUT2D eigenvalue weighted by Gasteiger charge is -2.32. The normalized spacial score (nSPS) is 13.3. The third kappa shape index (κ3) is 4.70. The van der Waals surface area contributed by atoms with Crippen molar-refractivity contribution in [1.82, 2.24) is 5.32 Å². The average molecular weight is 345 g/mol. The Morgan fingerprint density at radius 3 is 1.91 bits per heavy atom. The van der Waals surface area contributed by atoms with Gasteiger partial charge in [-0.1, -0.05) is 0 Å². The number of carbonyl (C=O) groups excluding carboxylic acids is 1. The summed E-state index contributed by atoms with van der Waals surface area (Å²) in [6, 6.07) is 0. The van der Waals surface area contributed by atoms with Crippen LogP contribution in [0.2, 0.25) is 0 Å². The number of carbonyl (C=O) groups is 2. The molecule has 0 bridgehead atoms. The lowest BCUT2D eigenvalue weighted by molar-refractivity contribution is -0.336. The van der Waals surface area contributed by atoms with Crippen LogP contribution in [0.4, 0.5) is 35.1 Å². The van der Waals surface area contributed by atoms with E-state index in [0.29, 0.717) is 0 Å². The highest BCUT2D eigenvalue weighted by atomic mass is 19.4. The van der Waals surface area contributed by atoms with Crippen molar-refractivity contribution < 1.29 is 49.8 Å². The molecule has 130 valence electrons. The Morgan fingerprint density at radius 1 is 1.00 bits per heavy atom. The first-order valence-electron chi connectivity index (χ1n) is 5.66. The Hall–Kier alpha value is -1.62. The summed E-state index contributed by atoms with van der Waals surface area (Å²) in [4.78, 5) is 21.1. The number of alkyl halides is 8. The smallest absolute Gasteiger partial charge is 0.379 e. The number of halogens is 8. The Morgan fingerprint density at radius 2 is 1.50 bits per heavy atom. The van der Waals surface area contributed by atoms with Crippen LogP contribution >= 0.6 is 0 Å². The van der Waals surface area contributed by atoms with Gasteiger partial charge in [0.1, 0.15) is 0 Å². The van der Waals surface area contributed by atoms with Gasteiger partial charge in [0.25, 0.3) is 0 Å². The van der Waals surface area contributed by atoms with Crippen molar-refractivity contribution >= 4 is 11.9 Å². The second-order valence-corrected chi connectivity index (χ2v) is 4.23. The fraction of sp³-hybridized carbons (Fsp3) is 0.800. The number of rotatable bonds is 9. The molecule has 0 aromatic rings. The van der Waals surface area contributed by atoms with Gasteiger partial charge in [-0.25, -0.2) is 8.78 Å². The van der Waals surface area contributed by atoms with E-state index in [1.807, 2.05) is 0 Å². The summed E-state index contributed by atoms with van der Waals surface area (Å²) in [6.45, 7) is -2.30. The van der Waals surface area contributed by atoms with E-state index in [1.54, 1.807) is 0 Å². The van der Waals surface area contributed by atoms with Gasteiger partial charge >= 0.3 is 30.2 Å². The molecule has 0 aliphatic rings. The molecule has 0 heterocycles. The molecule has 0 atom stereocenters. The minimum atomic E-state index is -6.39. The third-order valence-corrected chi connectivity index (χ3v) is 2.45. The predicted molar refractivity (Wildman–Crippen MR) is 55.3 cm³/mol. The lowest BCUT2D eigenvalue weighted by Crippen LogP contribution is -2.61. The largest absolute Gasteiger partial charge is 0.481 e. The van der Waals surface area contributed by atoms with Crippen LogP contribution in [0.3, 0.4) is 0 Å². The SMILES string of the molecule is O=C(O)CCCC(=O)NCC(F)(F)C(F)(F)C(F)(F)C(F)F. The number of amides is 1. The maximum Gasteiger partial charge on any atom is 0.379 e. The highest BCUT2D eigenvalue weighted by Gasteiger charge is 2.75. The summed E-state index contributed by atoms with van der Waals surface area (Å²) in [5.74, 6) is -20.9. The molecule has 4 nitrogen and oxygen atoms in total. The zero-order chi connectivity index (χ0) is 17.8. The highest BCUT2D eigenvalue weighted by molar-refractivity contribution is 5.76. The topological polar surface area (TPSA) is 66.4 Å². The number of carboxylic acid groups (broad SMARTS) is 1. The van der Waals surface area contributed by atoms with Crippen LogP contribution in [0.15, 0.2) is 0 Å². The van der Waals surface area contributed by atoms with Crippen molar-refractivity contribution in [3.63, 3.8) is 0 Å². The van der Waals surface area contributed by atoms with Gasteiger partial charge in [-0.05, 0) is 6.42 Å². The van der Waals surface area contributed by atoms with Gasteiger partial charge in [0.05, 0.1) is 6.54 Å². The van der Waals surface area contributed by atoms with E-state index in [-0.39, 0.29) is 6.42 Å². The van der Waals surface area contributed by atoms with Crippen LogP contribution < -0.4 is 5.32 Å². The molecule has 0 spiro atoms. The van der Waals surface area contributed by atoms with Crippen LogP contribution in [0.1, 0.15) is 19.3 Å². The minimum absolute atomic E-state index is 0.309. The van der Waals surface area contributed by atoms with Crippen LogP contribution in [0.5, 0.6) is 0 Å². The number of hydrogen-bond donors (Lipinski definition) is 2. The first-order valence-corrected chi connectivity index (χ1v) is 5.66. The first kappa shape index (κ1) is 20.4. The van der Waals surface area contributed by atoms with Crippen molar-refractivity contribution in [2.24, 2.45) is 0 Å². The van der Waals surface area contributed by atoms with E-state index >= 15 is 0 Å². The van der Waals surface area contributed by atoms with E-state index < -0.39 is 55.5 Å². The van der Waals surface area contributed by atoms with E-state index in [9.17, 15) is 44.7 Å². The van der Waals surface area contributed by atoms with Crippen LogP contribution in [-0.4, -0.2) is 47.7 Å². The number of carboxylic acids is 1. The summed E-state index contributed by atoms with van der Waals surface area (Å²) in [5, 5.41) is 9.40. The van der Waals surface area contributed by atoms with Crippen LogP contribution in [-0.2, 0) is 9.59 Å². The molecule has 1 amide bonds. The Bertz CT molecular complexity index is 413. The number of nitrogens with one attached hydrogen (secondary N) is 1. The van der Waals surface area contributed by atoms with E-state index in [4.69, 9.17) is 5.11 Å². The molecule has 0 saturated heterocycles. The zero-order valence-corrected chi connectivity index (χ0v) is 10.7. The standard InChI is InChI=1S/C10H11F8NO3/c11-7(12)9(15,16)10(17,18)8(13,14)4-19-5(20)2-1-3-6(21)22/h7H,1-4H2,(H,19,20)(H,21,22). The average Bonchev–Trinajstić information content (AvgIpc) is 2.35. The van der Waals surface area contributed by atoms with Crippen molar-refractivity contribution in [3.05, 3.63) is 0 Å². The van der Waals surface area contributed by atoms with Crippen molar-refractivity contribution in [2.45, 2.75) is 43.5 Å². The second kappa shape index (κ2) is 7.09. The molecule has 0 radical (unpaired) electrons. The summed E-state index contributed by atoms with van der Waals surface area (Å²) in [6.07, 6.45) is -6.49. The van der Waals surface area contributed by atoms with Gasteiger partial charge in [0, 0.05) is 12.8 Å². The summed E-state index contributed by atoms with van der Waals surface area (Å²) < 4.78 is 100. The molecule has 0 aliphatic heterocycles. The number of aliphatic carboxylic acids is 1. The van der Waals surface area contributed by atoms with Crippen molar-refractivity contribution in [1.29, 1.82) is 0 Å². The van der Waals surface area contributed by atoms with Gasteiger partial charge < -0.3 is 10.4 Å². The van der Waals surface area contributed by atoms with E-state index in [1.165, 1.54) is 5.32 Å². The van der Waals surface area contributed by atoms with Crippen molar-refractivity contribution in [2.75, 3.05) is 6.54 Å². The molecule has 12 heteroatoms. The lowest BCUT2D eigenvalue weighted by atomic mass is 10.0. The second-order valence-electron chi connectivity index (χ2n) is 4.23. The van der Waals surface area contributed by atoms with Crippen LogP contribution in [0.25, 0.3) is 0 Å². The maximum absolute atomic E-state index is 13.0. The highest BCUT2D eigenvalue weighted by Crippen LogP contribution is 2.48. The van der Waals surface area contributed by atoms with Gasteiger partial charge in [0.15, 0.2) is 0 Å². The predicted octanol–water partition coefficient (Wildman–Crippen LogP) is 2.53. The summed E-state index contributed by atoms with van der Waals surface area (Å²) >= 11 is 0. The summed E-state index contributed by atoms with van der Waals surface area (Å²) in [7, 11) is 0. The Labute approximate surface area is 118 Å². The number of hydrogen-bond acceptors (Lipinski definition) is 2. The van der Waals surface area contributed by atoms with Gasteiger partial charge in [-0.3, -0.25) is 9.59 Å². The molecule has 0 rings (SSSR count). The Kier molecular flexibility index (Phi) is 6.57. The molecule has 0 aromatic heterocycles. The Balaban J connectivity index is 4.69. The quantitative estimate of drug-likeness (QED) is 0.631. The van der Waals surface area contributed by atoms with Gasteiger partial charge in [0.2, 0.25) is 5.91 Å². The van der Waals surface area contributed by atoms with E-state index in [0.717, 1.165) is 0 Å². The molecule has 22 heavy (non-hydrogen) atoms. The molecular weight excluding hydrogens is 334 g/mol. The summed E-state index contributed by atoms with van der Waals surface area (Å²) in [5.41, 5.74) is 0. The molecule has 0 fully saturated rings. The fourth-order valence-corrected chi connectivity index (χ4v) is 1.19. The molecule has 2 N–H and O–H groups in total.